The SMILES string of the molecule is Cc1ccccc1NC(=O)CNCC1(O)CCOC1. The molecule has 0 radical (unpaired) electrons. The maximum Gasteiger partial charge on any atom is 0.238 e. The van der Waals surface area contributed by atoms with Crippen molar-refractivity contribution in [3.8, 4) is 0 Å². The first-order valence-corrected chi connectivity index (χ1v) is 6.45. The highest BCUT2D eigenvalue weighted by molar-refractivity contribution is 5.92. The van der Waals surface area contributed by atoms with Crippen LogP contribution in [0.5, 0.6) is 0 Å². The zero-order valence-corrected chi connectivity index (χ0v) is 11.1. The number of aryl methyl sites for hydroxylation is 1. The second-order valence-electron chi connectivity index (χ2n) is 4.99. The number of ether oxygens (including phenoxy) is 1. The van der Waals surface area contributed by atoms with E-state index in [1.54, 1.807) is 0 Å². The summed E-state index contributed by atoms with van der Waals surface area (Å²) in [6, 6.07) is 7.63. The van der Waals surface area contributed by atoms with Gasteiger partial charge in [0.1, 0.15) is 5.60 Å². The van der Waals surface area contributed by atoms with Crippen LogP contribution in [-0.4, -0.2) is 42.9 Å². The largest absolute Gasteiger partial charge is 0.386 e. The minimum absolute atomic E-state index is 0.114. The van der Waals surface area contributed by atoms with E-state index in [9.17, 15) is 9.90 Å². The fourth-order valence-electron chi connectivity index (χ4n) is 2.05. The lowest BCUT2D eigenvalue weighted by atomic mass is 10.0. The Balaban J connectivity index is 1.74. The predicted octanol–water partition coefficient (Wildman–Crippen LogP) is 0.675. The molecule has 1 aliphatic rings. The predicted molar refractivity (Wildman–Crippen MR) is 73.1 cm³/mol. The molecule has 1 unspecified atom stereocenters. The molecule has 1 saturated heterocycles. The fourth-order valence-corrected chi connectivity index (χ4v) is 2.05. The zero-order chi connectivity index (χ0) is 13.7. The lowest BCUT2D eigenvalue weighted by molar-refractivity contribution is -0.115. The highest BCUT2D eigenvalue weighted by Crippen LogP contribution is 2.17. The number of para-hydroxylation sites is 1. The van der Waals surface area contributed by atoms with E-state index in [4.69, 9.17) is 4.74 Å². The van der Waals surface area contributed by atoms with Crippen molar-refractivity contribution in [2.24, 2.45) is 0 Å². The molecule has 1 fully saturated rings. The summed E-state index contributed by atoms with van der Waals surface area (Å²) in [7, 11) is 0. The summed E-state index contributed by atoms with van der Waals surface area (Å²) in [5, 5.41) is 15.8. The van der Waals surface area contributed by atoms with Crippen LogP contribution in [-0.2, 0) is 9.53 Å². The summed E-state index contributed by atoms with van der Waals surface area (Å²) in [5.74, 6) is -0.114. The van der Waals surface area contributed by atoms with E-state index in [0.29, 0.717) is 26.2 Å². The van der Waals surface area contributed by atoms with Crippen LogP contribution in [0.4, 0.5) is 5.69 Å². The summed E-state index contributed by atoms with van der Waals surface area (Å²) in [6.45, 7) is 3.40. The van der Waals surface area contributed by atoms with Crippen LogP contribution in [0.2, 0.25) is 0 Å². The lowest BCUT2D eigenvalue weighted by Gasteiger charge is -2.20. The highest BCUT2D eigenvalue weighted by atomic mass is 16.5. The minimum Gasteiger partial charge on any atom is -0.386 e. The molecule has 1 aliphatic heterocycles. The number of carbonyl (C=O) groups is 1. The van der Waals surface area contributed by atoms with Crippen molar-refractivity contribution >= 4 is 11.6 Å². The Labute approximate surface area is 113 Å². The third-order valence-corrected chi connectivity index (χ3v) is 3.24. The summed E-state index contributed by atoms with van der Waals surface area (Å²) in [6.07, 6.45) is 0.611. The number of aliphatic hydroxyl groups is 1. The van der Waals surface area contributed by atoms with Gasteiger partial charge in [0.15, 0.2) is 0 Å². The normalized spacial score (nSPS) is 22.4. The van der Waals surface area contributed by atoms with E-state index in [-0.39, 0.29) is 12.5 Å². The molecule has 19 heavy (non-hydrogen) atoms. The molecule has 3 N–H and O–H groups in total. The van der Waals surface area contributed by atoms with Gasteiger partial charge in [-0.2, -0.15) is 0 Å². The number of hydrogen-bond donors (Lipinski definition) is 3. The van der Waals surface area contributed by atoms with Crippen molar-refractivity contribution in [3.05, 3.63) is 29.8 Å². The molecule has 0 saturated carbocycles. The molecule has 5 heteroatoms. The molecule has 104 valence electrons. The van der Waals surface area contributed by atoms with E-state index in [2.05, 4.69) is 10.6 Å². The van der Waals surface area contributed by atoms with Crippen LogP contribution in [0.15, 0.2) is 24.3 Å². The molecule has 1 heterocycles. The number of benzene rings is 1. The van der Waals surface area contributed by atoms with Gasteiger partial charge < -0.3 is 20.5 Å². The van der Waals surface area contributed by atoms with Crippen molar-refractivity contribution < 1.29 is 14.6 Å². The van der Waals surface area contributed by atoms with Crippen LogP contribution in [0.25, 0.3) is 0 Å². The van der Waals surface area contributed by atoms with E-state index in [1.807, 2.05) is 31.2 Å². The van der Waals surface area contributed by atoms with Crippen molar-refractivity contribution in [2.75, 3.05) is 31.6 Å². The monoisotopic (exact) mass is 264 g/mol. The van der Waals surface area contributed by atoms with Crippen LogP contribution in [0.1, 0.15) is 12.0 Å². The van der Waals surface area contributed by atoms with Crippen LogP contribution in [0, 0.1) is 6.92 Å². The molecule has 2 rings (SSSR count). The van der Waals surface area contributed by atoms with Gasteiger partial charge >= 0.3 is 0 Å². The van der Waals surface area contributed by atoms with E-state index >= 15 is 0 Å². The molecule has 1 atom stereocenters. The third-order valence-electron chi connectivity index (χ3n) is 3.24. The smallest absolute Gasteiger partial charge is 0.238 e. The summed E-state index contributed by atoms with van der Waals surface area (Å²) < 4.78 is 5.14. The van der Waals surface area contributed by atoms with Crippen molar-refractivity contribution in [1.29, 1.82) is 0 Å². The average Bonchev–Trinajstić information content (AvgIpc) is 2.79. The second kappa shape index (κ2) is 6.14. The van der Waals surface area contributed by atoms with Gasteiger partial charge in [0, 0.05) is 25.3 Å². The van der Waals surface area contributed by atoms with E-state index in [1.165, 1.54) is 0 Å². The number of nitrogens with one attached hydrogen (secondary N) is 2. The van der Waals surface area contributed by atoms with Gasteiger partial charge in [0.25, 0.3) is 0 Å². The van der Waals surface area contributed by atoms with Crippen molar-refractivity contribution in [2.45, 2.75) is 18.9 Å². The molecule has 0 aliphatic carbocycles. The lowest BCUT2D eigenvalue weighted by Crippen LogP contribution is -2.43. The number of carbonyl (C=O) groups excluding carboxylic acids is 1. The second-order valence-corrected chi connectivity index (χ2v) is 4.99. The van der Waals surface area contributed by atoms with Gasteiger partial charge in [-0.05, 0) is 18.6 Å². The van der Waals surface area contributed by atoms with Crippen molar-refractivity contribution in [3.63, 3.8) is 0 Å². The Morgan fingerprint density at radius 2 is 2.26 bits per heavy atom. The number of hydrogen-bond acceptors (Lipinski definition) is 4. The molecule has 1 amide bonds. The maximum absolute atomic E-state index is 11.8. The fraction of sp³-hybridized carbons (Fsp3) is 0.500. The molecule has 0 aromatic heterocycles. The van der Waals surface area contributed by atoms with Gasteiger partial charge in [0.05, 0.1) is 13.2 Å². The number of rotatable bonds is 5. The Bertz CT molecular complexity index is 442. The Kier molecular flexibility index (Phi) is 4.52. The van der Waals surface area contributed by atoms with Crippen LogP contribution >= 0.6 is 0 Å². The van der Waals surface area contributed by atoms with Crippen LogP contribution < -0.4 is 10.6 Å². The standard InChI is InChI=1S/C14H20N2O3/c1-11-4-2-3-5-12(11)16-13(17)8-15-9-14(18)6-7-19-10-14/h2-5,15,18H,6-10H2,1H3,(H,16,17). The Morgan fingerprint density at radius 1 is 1.47 bits per heavy atom. The van der Waals surface area contributed by atoms with Gasteiger partial charge in [0.2, 0.25) is 5.91 Å². The van der Waals surface area contributed by atoms with Crippen molar-refractivity contribution in [1.82, 2.24) is 5.32 Å². The topological polar surface area (TPSA) is 70.6 Å². The van der Waals surface area contributed by atoms with Gasteiger partial charge in [-0.25, -0.2) is 0 Å². The molecule has 5 nitrogen and oxygen atoms in total. The Morgan fingerprint density at radius 3 is 2.95 bits per heavy atom. The third kappa shape index (κ3) is 4.02. The first-order valence-electron chi connectivity index (χ1n) is 6.45. The molecule has 0 spiro atoms. The molecule has 0 bridgehead atoms. The maximum atomic E-state index is 11.8. The summed E-state index contributed by atoms with van der Waals surface area (Å²) in [5.41, 5.74) is 1.01. The molecular weight excluding hydrogens is 244 g/mol. The number of anilines is 1. The molecule has 1 aromatic carbocycles. The Hall–Kier alpha value is -1.43. The minimum atomic E-state index is -0.830. The first kappa shape index (κ1) is 14.0. The average molecular weight is 264 g/mol. The molecule has 1 aromatic rings. The van der Waals surface area contributed by atoms with E-state index < -0.39 is 5.60 Å². The highest BCUT2D eigenvalue weighted by Gasteiger charge is 2.31. The van der Waals surface area contributed by atoms with E-state index in [0.717, 1.165) is 11.3 Å². The van der Waals surface area contributed by atoms with Gasteiger partial charge in [-0.15, -0.1) is 0 Å². The number of amides is 1. The molecular formula is C14H20N2O3. The first-order chi connectivity index (χ1) is 9.09. The zero-order valence-electron chi connectivity index (χ0n) is 11.1. The quantitative estimate of drug-likeness (QED) is 0.731. The van der Waals surface area contributed by atoms with Crippen LogP contribution in [0.3, 0.4) is 0 Å². The summed E-state index contributed by atoms with van der Waals surface area (Å²) in [4.78, 5) is 11.8. The van der Waals surface area contributed by atoms with Gasteiger partial charge in [-0.1, -0.05) is 18.2 Å². The van der Waals surface area contributed by atoms with Gasteiger partial charge in [-0.3, -0.25) is 4.79 Å². The summed E-state index contributed by atoms with van der Waals surface area (Å²) >= 11 is 0.